The molecule has 0 saturated carbocycles. The maximum absolute atomic E-state index is 10.9. The molecule has 0 atom stereocenters. The maximum atomic E-state index is 10.9. The molecule has 2 aromatic rings. The van der Waals surface area contributed by atoms with Crippen molar-refractivity contribution in [3.63, 3.8) is 0 Å². The van der Waals surface area contributed by atoms with Gasteiger partial charge in [0, 0.05) is 32.1 Å². The Morgan fingerprint density at radius 1 is 1.50 bits per heavy atom. The monoisotopic (exact) mass is 247 g/mol. The minimum atomic E-state index is -0.439. The lowest BCUT2D eigenvalue weighted by Gasteiger charge is -2.06. The maximum Gasteiger partial charge on any atom is 0.275 e. The van der Waals surface area contributed by atoms with E-state index in [0.29, 0.717) is 17.3 Å². The van der Waals surface area contributed by atoms with Gasteiger partial charge in [0.25, 0.3) is 5.69 Å². The average Bonchev–Trinajstić information content (AvgIpc) is 2.86. The number of hydrogen-bond donors (Lipinski definition) is 1. The van der Waals surface area contributed by atoms with Crippen LogP contribution in [0.1, 0.15) is 6.92 Å². The van der Waals surface area contributed by atoms with Gasteiger partial charge in [0.1, 0.15) is 11.5 Å². The molecule has 94 valence electrons. The summed E-state index contributed by atoms with van der Waals surface area (Å²) in [5.74, 6) is 1.07. The van der Waals surface area contributed by atoms with E-state index < -0.39 is 4.92 Å². The Balaban J connectivity index is 2.56. The number of aromatic nitrogens is 3. The molecule has 0 fully saturated rings. The molecule has 0 aromatic carbocycles. The first kappa shape index (κ1) is 12.0. The molecule has 0 unspecified atom stereocenters. The number of pyridine rings is 1. The summed E-state index contributed by atoms with van der Waals surface area (Å²) >= 11 is 0. The Hall–Kier alpha value is -2.44. The molecule has 1 N–H and O–H groups in total. The highest BCUT2D eigenvalue weighted by molar-refractivity contribution is 5.60. The lowest BCUT2D eigenvalue weighted by Crippen LogP contribution is -2.01. The van der Waals surface area contributed by atoms with Gasteiger partial charge in [0.2, 0.25) is 0 Å². The molecule has 0 aliphatic rings. The van der Waals surface area contributed by atoms with E-state index in [1.807, 2.05) is 17.7 Å². The number of rotatable bonds is 4. The van der Waals surface area contributed by atoms with Gasteiger partial charge in [0.05, 0.1) is 11.0 Å². The first-order valence-electron chi connectivity index (χ1n) is 5.51. The minimum Gasteiger partial charge on any atom is -0.373 e. The summed E-state index contributed by atoms with van der Waals surface area (Å²) in [6, 6.07) is 2.82. The van der Waals surface area contributed by atoms with Crippen molar-refractivity contribution >= 4 is 11.5 Å². The number of anilines is 1. The van der Waals surface area contributed by atoms with E-state index in [4.69, 9.17) is 0 Å². The van der Waals surface area contributed by atoms with E-state index >= 15 is 0 Å². The molecule has 0 radical (unpaired) electrons. The standard InChI is InChI=1S/C11H13N5O2/c1-3-15-5-4-13-11(15)9-6-8(16(17)18)7-10(12-2)14-9/h4-7H,3H2,1-2H3,(H,12,14). The molecule has 0 amide bonds. The third kappa shape index (κ3) is 2.15. The first-order valence-corrected chi connectivity index (χ1v) is 5.51. The zero-order valence-corrected chi connectivity index (χ0v) is 10.1. The Labute approximate surface area is 104 Å². The van der Waals surface area contributed by atoms with Crippen molar-refractivity contribution in [2.24, 2.45) is 0 Å². The van der Waals surface area contributed by atoms with Crippen LogP contribution >= 0.6 is 0 Å². The third-order valence-electron chi connectivity index (χ3n) is 2.56. The van der Waals surface area contributed by atoms with Crippen molar-refractivity contribution in [3.05, 3.63) is 34.6 Å². The Morgan fingerprint density at radius 3 is 2.89 bits per heavy atom. The van der Waals surface area contributed by atoms with Crippen molar-refractivity contribution in [3.8, 4) is 11.5 Å². The SMILES string of the molecule is CCn1ccnc1-c1cc([N+](=O)[O-])cc(NC)n1. The normalized spacial score (nSPS) is 10.3. The smallest absolute Gasteiger partial charge is 0.275 e. The average molecular weight is 247 g/mol. The molecule has 7 nitrogen and oxygen atoms in total. The van der Waals surface area contributed by atoms with E-state index in [-0.39, 0.29) is 5.69 Å². The van der Waals surface area contributed by atoms with Crippen LogP contribution in [0.25, 0.3) is 11.5 Å². The number of hydrogen-bond acceptors (Lipinski definition) is 5. The summed E-state index contributed by atoms with van der Waals surface area (Å²) in [4.78, 5) is 18.9. The van der Waals surface area contributed by atoms with E-state index in [9.17, 15) is 10.1 Å². The van der Waals surface area contributed by atoms with Crippen LogP contribution in [0.4, 0.5) is 11.5 Å². The van der Waals surface area contributed by atoms with E-state index in [1.54, 1.807) is 13.2 Å². The van der Waals surface area contributed by atoms with Gasteiger partial charge in [-0.05, 0) is 6.92 Å². The molecule has 2 rings (SSSR count). The van der Waals surface area contributed by atoms with Crippen molar-refractivity contribution in [2.45, 2.75) is 13.5 Å². The third-order valence-corrected chi connectivity index (χ3v) is 2.56. The fourth-order valence-corrected chi connectivity index (χ4v) is 1.66. The van der Waals surface area contributed by atoms with Crippen LogP contribution in [0, 0.1) is 10.1 Å². The molecular formula is C11H13N5O2. The highest BCUT2D eigenvalue weighted by atomic mass is 16.6. The summed E-state index contributed by atoms with van der Waals surface area (Å²) in [5, 5.41) is 13.7. The lowest BCUT2D eigenvalue weighted by molar-refractivity contribution is -0.384. The van der Waals surface area contributed by atoms with Crippen LogP contribution in [0.5, 0.6) is 0 Å². The Morgan fingerprint density at radius 2 is 2.28 bits per heavy atom. The van der Waals surface area contributed by atoms with Gasteiger partial charge in [-0.25, -0.2) is 9.97 Å². The summed E-state index contributed by atoms with van der Waals surface area (Å²) in [7, 11) is 1.67. The van der Waals surface area contributed by atoms with Crippen LogP contribution in [-0.2, 0) is 6.54 Å². The molecule has 0 aliphatic heterocycles. The molecule has 2 heterocycles. The number of nitrogens with one attached hydrogen (secondary N) is 1. The second kappa shape index (κ2) is 4.82. The molecule has 0 saturated heterocycles. The van der Waals surface area contributed by atoms with Crippen LogP contribution < -0.4 is 5.32 Å². The summed E-state index contributed by atoms with van der Waals surface area (Å²) in [6.45, 7) is 2.70. The van der Waals surface area contributed by atoms with E-state index in [1.165, 1.54) is 12.1 Å². The first-order chi connectivity index (χ1) is 8.65. The molecule has 2 aromatic heterocycles. The van der Waals surface area contributed by atoms with Crippen LogP contribution in [0.3, 0.4) is 0 Å². The molecule has 18 heavy (non-hydrogen) atoms. The zero-order valence-electron chi connectivity index (χ0n) is 10.1. The summed E-state index contributed by atoms with van der Waals surface area (Å²) in [6.07, 6.45) is 3.47. The fourth-order valence-electron chi connectivity index (χ4n) is 1.66. The van der Waals surface area contributed by atoms with Gasteiger partial charge in [-0.3, -0.25) is 10.1 Å². The van der Waals surface area contributed by atoms with Crippen molar-refractivity contribution in [2.75, 3.05) is 12.4 Å². The van der Waals surface area contributed by atoms with E-state index in [2.05, 4.69) is 15.3 Å². The lowest BCUT2D eigenvalue weighted by atomic mass is 10.3. The van der Waals surface area contributed by atoms with Crippen molar-refractivity contribution in [1.29, 1.82) is 0 Å². The highest BCUT2D eigenvalue weighted by Gasteiger charge is 2.14. The van der Waals surface area contributed by atoms with Crippen LogP contribution in [0.2, 0.25) is 0 Å². The van der Waals surface area contributed by atoms with Crippen LogP contribution in [0.15, 0.2) is 24.5 Å². The molecule has 0 aliphatic carbocycles. The number of imidazole rings is 1. The largest absolute Gasteiger partial charge is 0.373 e. The fraction of sp³-hybridized carbons (Fsp3) is 0.273. The Kier molecular flexibility index (Phi) is 3.22. The van der Waals surface area contributed by atoms with Gasteiger partial charge >= 0.3 is 0 Å². The van der Waals surface area contributed by atoms with Gasteiger partial charge < -0.3 is 9.88 Å². The molecule has 7 heteroatoms. The zero-order chi connectivity index (χ0) is 13.1. The molecule has 0 bridgehead atoms. The van der Waals surface area contributed by atoms with Gasteiger partial charge in [-0.2, -0.15) is 0 Å². The number of nitro groups is 1. The summed E-state index contributed by atoms with van der Waals surface area (Å²) in [5.41, 5.74) is 0.482. The quantitative estimate of drug-likeness (QED) is 0.658. The highest BCUT2D eigenvalue weighted by Crippen LogP contribution is 2.24. The topological polar surface area (TPSA) is 85.9 Å². The minimum absolute atomic E-state index is 0.00463. The predicted molar refractivity (Wildman–Crippen MR) is 67.3 cm³/mol. The number of aryl methyl sites for hydroxylation is 1. The number of nitrogens with zero attached hydrogens (tertiary/aromatic N) is 4. The predicted octanol–water partition coefficient (Wildman–Crippen LogP) is 1.91. The molecule has 0 spiro atoms. The van der Waals surface area contributed by atoms with Gasteiger partial charge in [0.15, 0.2) is 5.82 Å². The van der Waals surface area contributed by atoms with Crippen molar-refractivity contribution in [1.82, 2.24) is 14.5 Å². The Bertz CT molecular complexity index is 579. The second-order valence-corrected chi connectivity index (χ2v) is 3.64. The second-order valence-electron chi connectivity index (χ2n) is 3.64. The van der Waals surface area contributed by atoms with Gasteiger partial charge in [-0.1, -0.05) is 0 Å². The summed E-state index contributed by atoms with van der Waals surface area (Å²) < 4.78 is 1.88. The molecular weight excluding hydrogens is 234 g/mol. The van der Waals surface area contributed by atoms with Gasteiger partial charge in [-0.15, -0.1) is 0 Å². The van der Waals surface area contributed by atoms with Crippen LogP contribution in [-0.4, -0.2) is 26.5 Å². The van der Waals surface area contributed by atoms with Crippen molar-refractivity contribution < 1.29 is 4.92 Å². The van der Waals surface area contributed by atoms with E-state index in [0.717, 1.165) is 6.54 Å².